The molecule has 0 radical (unpaired) electrons. The molecule has 2 aliphatic rings. The van der Waals surface area contributed by atoms with E-state index in [1.165, 1.54) is 57.4 Å². The van der Waals surface area contributed by atoms with Crippen molar-refractivity contribution in [1.29, 1.82) is 0 Å². The fraction of sp³-hybridized carbons (Fsp3) is 0.789. The van der Waals surface area contributed by atoms with E-state index in [2.05, 4.69) is 4.90 Å². The van der Waals surface area contributed by atoms with Crippen LogP contribution in [-0.2, 0) is 9.59 Å². The average Bonchev–Trinajstić information content (AvgIpc) is 3.20. The predicted octanol–water partition coefficient (Wildman–Crippen LogP) is 3.66. The first kappa shape index (κ1) is 18.2. The molecule has 0 bridgehead atoms. The molecule has 0 heterocycles. The van der Waals surface area contributed by atoms with Crippen LogP contribution in [0.25, 0.3) is 0 Å². The number of aliphatic carboxylic acids is 1. The Labute approximate surface area is 139 Å². The molecular formula is C19H31NO3. The zero-order valence-electron chi connectivity index (χ0n) is 14.2. The van der Waals surface area contributed by atoms with Crippen LogP contribution in [0, 0.1) is 11.8 Å². The van der Waals surface area contributed by atoms with E-state index < -0.39 is 5.97 Å². The summed E-state index contributed by atoms with van der Waals surface area (Å²) in [5.74, 6) is 0.572. The third-order valence-corrected chi connectivity index (χ3v) is 5.45. The van der Waals surface area contributed by atoms with Crippen molar-refractivity contribution in [2.24, 2.45) is 11.8 Å². The van der Waals surface area contributed by atoms with Crippen molar-refractivity contribution >= 4 is 12.3 Å². The van der Waals surface area contributed by atoms with Gasteiger partial charge in [-0.1, -0.05) is 31.8 Å². The zero-order valence-corrected chi connectivity index (χ0v) is 14.2. The SMILES string of the molecule is O=CC(CC/C=C/C(=O)O)N(CC1CCCC1)CC1CCCC1. The molecule has 1 unspecified atom stereocenters. The number of carboxylic acid groups (broad SMARTS) is 1. The quantitative estimate of drug-likeness (QED) is 0.493. The summed E-state index contributed by atoms with van der Waals surface area (Å²) in [5.41, 5.74) is 0. The van der Waals surface area contributed by atoms with Gasteiger partial charge in [-0.3, -0.25) is 4.90 Å². The predicted molar refractivity (Wildman–Crippen MR) is 91.4 cm³/mol. The molecule has 0 aromatic heterocycles. The molecule has 2 aliphatic carbocycles. The van der Waals surface area contributed by atoms with Crippen molar-refractivity contribution in [3.63, 3.8) is 0 Å². The normalized spacial score (nSPS) is 21.4. The van der Waals surface area contributed by atoms with Crippen molar-refractivity contribution in [3.8, 4) is 0 Å². The molecule has 0 aliphatic heterocycles. The minimum absolute atomic E-state index is 0.0605. The Kier molecular flexibility index (Phi) is 7.80. The first-order valence-electron chi connectivity index (χ1n) is 9.28. The van der Waals surface area contributed by atoms with Gasteiger partial charge >= 0.3 is 5.97 Å². The van der Waals surface area contributed by atoms with E-state index in [4.69, 9.17) is 5.11 Å². The number of allylic oxidation sites excluding steroid dienone is 1. The highest BCUT2D eigenvalue weighted by Crippen LogP contribution is 2.30. The lowest BCUT2D eigenvalue weighted by Crippen LogP contribution is -2.42. The van der Waals surface area contributed by atoms with E-state index in [1.54, 1.807) is 6.08 Å². The van der Waals surface area contributed by atoms with Crippen LogP contribution in [0.3, 0.4) is 0 Å². The Morgan fingerprint density at radius 3 is 2.00 bits per heavy atom. The minimum Gasteiger partial charge on any atom is -0.478 e. The van der Waals surface area contributed by atoms with E-state index in [1.807, 2.05) is 0 Å². The van der Waals surface area contributed by atoms with Gasteiger partial charge in [-0.15, -0.1) is 0 Å². The van der Waals surface area contributed by atoms with Crippen molar-refractivity contribution in [1.82, 2.24) is 4.90 Å². The smallest absolute Gasteiger partial charge is 0.327 e. The molecule has 0 aromatic carbocycles. The number of aldehydes is 1. The van der Waals surface area contributed by atoms with Crippen LogP contribution in [0.15, 0.2) is 12.2 Å². The Bertz CT molecular complexity index is 377. The van der Waals surface area contributed by atoms with Crippen LogP contribution in [0.1, 0.15) is 64.2 Å². The molecule has 1 N–H and O–H groups in total. The molecule has 2 fully saturated rings. The Morgan fingerprint density at radius 2 is 1.57 bits per heavy atom. The van der Waals surface area contributed by atoms with Crippen LogP contribution in [0.5, 0.6) is 0 Å². The van der Waals surface area contributed by atoms with Crippen LogP contribution >= 0.6 is 0 Å². The Balaban J connectivity index is 1.90. The third-order valence-electron chi connectivity index (χ3n) is 5.45. The molecule has 1 atom stereocenters. The molecule has 0 spiro atoms. The highest BCUT2D eigenvalue weighted by atomic mass is 16.4. The van der Waals surface area contributed by atoms with Gasteiger partial charge in [0.1, 0.15) is 6.29 Å². The van der Waals surface area contributed by atoms with Crippen LogP contribution in [0.4, 0.5) is 0 Å². The van der Waals surface area contributed by atoms with E-state index in [-0.39, 0.29) is 6.04 Å². The number of nitrogens with zero attached hydrogens (tertiary/aromatic N) is 1. The molecule has 4 heteroatoms. The van der Waals surface area contributed by atoms with Gasteiger partial charge in [0.05, 0.1) is 6.04 Å². The van der Waals surface area contributed by atoms with E-state index in [0.717, 1.165) is 37.6 Å². The van der Waals surface area contributed by atoms with Gasteiger partial charge in [0, 0.05) is 19.2 Å². The molecule has 2 saturated carbocycles. The molecule has 2 rings (SSSR count). The van der Waals surface area contributed by atoms with Crippen LogP contribution < -0.4 is 0 Å². The fourth-order valence-electron chi connectivity index (χ4n) is 4.18. The third kappa shape index (κ3) is 6.46. The summed E-state index contributed by atoms with van der Waals surface area (Å²) in [7, 11) is 0. The van der Waals surface area contributed by atoms with Crippen molar-refractivity contribution in [2.75, 3.05) is 13.1 Å². The second-order valence-corrected chi connectivity index (χ2v) is 7.28. The molecule has 0 aromatic rings. The number of hydrogen-bond acceptors (Lipinski definition) is 3. The van der Waals surface area contributed by atoms with E-state index in [9.17, 15) is 9.59 Å². The summed E-state index contributed by atoms with van der Waals surface area (Å²) in [6, 6.07) is -0.0605. The van der Waals surface area contributed by atoms with Gasteiger partial charge in [-0.25, -0.2) is 4.79 Å². The van der Waals surface area contributed by atoms with E-state index in [0.29, 0.717) is 6.42 Å². The van der Waals surface area contributed by atoms with Gasteiger partial charge in [0.25, 0.3) is 0 Å². The van der Waals surface area contributed by atoms with Crippen molar-refractivity contribution < 1.29 is 14.7 Å². The molecule has 130 valence electrons. The maximum atomic E-state index is 11.6. The minimum atomic E-state index is -0.915. The summed E-state index contributed by atoms with van der Waals surface area (Å²) < 4.78 is 0. The summed E-state index contributed by atoms with van der Waals surface area (Å²) in [5, 5.41) is 8.66. The topological polar surface area (TPSA) is 57.6 Å². The number of carbonyl (C=O) groups is 2. The van der Waals surface area contributed by atoms with Crippen molar-refractivity contribution in [3.05, 3.63) is 12.2 Å². The lowest BCUT2D eigenvalue weighted by Gasteiger charge is -2.32. The number of carbonyl (C=O) groups excluding carboxylic acids is 1. The van der Waals surface area contributed by atoms with Gasteiger partial charge in [-0.05, 0) is 50.4 Å². The average molecular weight is 321 g/mol. The summed E-state index contributed by atoms with van der Waals surface area (Å²) in [6.45, 7) is 2.09. The fourth-order valence-corrected chi connectivity index (χ4v) is 4.18. The van der Waals surface area contributed by atoms with Gasteiger partial charge in [-0.2, -0.15) is 0 Å². The van der Waals surface area contributed by atoms with Crippen LogP contribution in [0.2, 0.25) is 0 Å². The highest BCUT2D eigenvalue weighted by molar-refractivity contribution is 5.79. The van der Waals surface area contributed by atoms with Gasteiger partial charge in [0.2, 0.25) is 0 Å². The monoisotopic (exact) mass is 321 g/mol. The zero-order chi connectivity index (χ0) is 16.5. The van der Waals surface area contributed by atoms with Crippen molar-refractivity contribution in [2.45, 2.75) is 70.3 Å². The molecule has 23 heavy (non-hydrogen) atoms. The molecule has 4 nitrogen and oxygen atoms in total. The first-order chi connectivity index (χ1) is 11.2. The number of rotatable bonds is 10. The second-order valence-electron chi connectivity index (χ2n) is 7.28. The number of hydrogen-bond donors (Lipinski definition) is 1. The first-order valence-corrected chi connectivity index (χ1v) is 9.28. The van der Waals surface area contributed by atoms with E-state index >= 15 is 0 Å². The summed E-state index contributed by atoms with van der Waals surface area (Å²) in [6.07, 6.45) is 15.8. The van der Waals surface area contributed by atoms with Gasteiger partial charge < -0.3 is 9.90 Å². The largest absolute Gasteiger partial charge is 0.478 e. The summed E-state index contributed by atoms with van der Waals surface area (Å²) >= 11 is 0. The second kappa shape index (κ2) is 9.86. The molecule has 0 amide bonds. The highest BCUT2D eigenvalue weighted by Gasteiger charge is 2.27. The maximum Gasteiger partial charge on any atom is 0.327 e. The molecule has 0 saturated heterocycles. The van der Waals surface area contributed by atoms with Gasteiger partial charge in [0.15, 0.2) is 0 Å². The standard InChI is InChI=1S/C19H31NO3/c21-15-18(11-5-6-12-19(22)23)20(13-16-7-1-2-8-16)14-17-9-3-4-10-17/h6,12,15-18H,1-5,7-11,13-14H2,(H,22,23)/b12-6+. The maximum absolute atomic E-state index is 11.6. The number of carboxylic acids is 1. The summed E-state index contributed by atoms with van der Waals surface area (Å²) in [4.78, 5) is 24.6. The van der Waals surface area contributed by atoms with Crippen LogP contribution in [-0.4, -0.2) is 41.4 Å². The Morgan fingerprint density at radius 1 is 1.04 bits per heavy atom. The lowest BCUT2D eigenvalue weighted by atomic mass is 10.0. The Hall–Kier alpha value is -1.16. The lowest BCUT2D eigenvalue weighted by molar-refractivity contribution is -0.131. The molecular weight excluding hydrogens is 290 g/mol.